The topological polar surface area (TPSA) is 43.9 Å². The number of carbonyl (C=O) groups is 2. The molecule has 2 amide bonds. The quantitative estimate of drug-likeness (QED) is 0.743. The van der Waals surface area contributed by atoms with E-state index >= 15 is 0 Å². The van der Waals surface area contributed by atoms with E-state index in [2.05, 4.69) is 21.7 Å². The van der Waals surface area contributed by atoms with E-state index in [-0.39, 0.29) is 17.6 Å². The molecule has 8 heteroatoms. The van der Waals surface area contributed by atoms with Crippen molar-refractivity contribution in [2.75, 3.05) is 38.5 Å². The van der Waals surface area contributed by atoms with Crippen LogP contribution in [0.25, 0.3) is 0 Å². The van der Waals surface area contributed by atoms with Gasteiger partial charge in [-0.25, -0.2) is 4.39 Å². The number of amides is 2. The summed E-state index contributed by atoms with van der Waals surface area (Å²) in [5.74, 6) is 0.172. The van der Waals surface area contributed by atoms with Gasteiger partial charge in [-0.1, -0.05) is 0 Å². The third kappa shape index (κ3) is 4.82. The Bertz CT molecular complexity index is 844. The first-order valence-corrected chi connectivity index (χ1v) is 11.8. The summed E-state index contributed by atoms with van der Waals surface area (Å²) >= 11 is 3.22. The zero-order chi connectivity index (χ0) is 20.2. The molecule has 1 unspecified atom stereocenters. The molecule has 0 aliphatic carbocycles. The maximum Gasteiger partial charge on any atom is 0.255 e. The lowest BCUT2D eigenvalue weighted by Crippen LogP contribution is -2.47. The van der Waals surface area contributed by atoms with Crippen molar-refractivity contribution in [1.82, 2.24) is 14.7 Å². The number of carbonyl (C=O) groups excluding carboxylic acids is 2. The molecule has 1 atom stereocenters. The number of halogens is 1. The van der Waals surface area contributed by atoms with E-state index in [0.29, 0.717) is 25.2 Å². The lowest BCUT2D eigenvalue weighted by atomic mass is 10.2. The number of nitrogens with zero attached hydrogens (tertiary/aromatic N) is 3. The average molecular weight is 434 g/mol. The van der Waals surface area contributed by atoms with E-state index in [0.717, 1.165) is 31.8 Å². The molecule has 0 saturated carbocycles. The molecule has 2 aliphatic rings. The van der Waals surface area contributed by atoms with E-state index in [1.807, 2.05) is 4.90 Å². The third-order valence-corrected chi connectivity index (χ3v) is 7.26. The van der Waals surface area contributed by atoms with E-state index in [1.165, 1.54) is 41.6 Å². The highest BCUT2D eigenvalue weighted by Gasteiger charge is 2.38. The van der Waals surface area contributed by atoms with Gasteiger partial charge in [-0.2, -0.15) is 11.3 Å². The minimum atomic E-state index is -0.490. The molecule has 0 N–H and O–H groups in total. The molecule has 2 saturated heterocycles. The van der Waals surface area contributed by atoms with Gasteiger partial charge in [-0.3, -0.25) is 14.5 Å². The first kappa shape index (κ1) is 20.4. The van der Waals surface area contributed by atoms with Crippen molar-refractivity contribution >= 4 is 34.9 Å². The molecular formula is C21H24FN3O2S2. The number of hydrogen-bond donors (Lipinski definition) is 0. The highest BCUT2D eigenvalue weighted by atomic mass is 32.2. The van der Waals surface area contributed by atoms with Crippen molar-refractivity contribution < 1.29 is 14.0 Å². The Morgan fingerprint density at radius 1 is 1.03 bits per heavy atom. The van der Waals surface area contributed by atoms with Gasteiger partial charge in [0.1, 0.15) is 5.82 Å². The molecule has 5 nitrogen and oxygen atoms in total. The predicted molar refractivity (Wildman–Crippen MR) is 114 cm³/mol. The second kappa shape index (κ2) is 9.28. The van der Waals surface area contributed by atoms with Gasteiger partial charge < -0.3 is 9.80 Å². The van der Waals surface area contributed by atoms with Crippen molar-refractivity contribution in [2.24, 2.45) is 0 Å². The van der Waals surface area contributed by atoms with Crippen LogP contribution in [-0.2, 0) is 11.3 Å². The van der Waals surface area contributed by atoms with Crippen molar-refractivity contribution in [3.63, 3.8) is 0 Å². The van der Waals surface area contributed by atoms with E-state index in [1.54, 1.807) is 16.2 Å². The van der Waals surface area contributed by atoms with Crippen LogP contribution in [0.2, 0.25) is 0 Å². The van der Waals surface area contributed by atoms with E-state index in [4.69, 9.17) is 0 Å². The van der Waals surface area contributed by atoms with E-state index in [9.17, 15) is 14.0 Å². The maximum absolute atomic E-state index is 13.2. The van der Waals surface area contributed by atoms with Gasteiger partial charge in [0.2, 0.25) is 0 Å². The lowest BCUT2D eigenvalue weighted by molar-refractivity contribution is -0.132. The fourth-order valence-electron chi connectivity index (χ4n) is 3.79. The zero-order valence-corrected chi connectivity index (χ0v) is 17.8. The fourth-order valence-corrected chi connectivity index (χ4v) is 5.65. The first-order valence-electron chi connectivity index (χ1n) is 9.82. The summed E-state index contributed by atoms with van der Waals surface area (Å²) in [5, 5.41) is 3.77. The number of rotatable bonds is 4. The van der Waals surface area contributed by atoms with Gasteiger partial charge in [-0.15, -0.1) is 11.8 Å². The van der Waals surface area contributed by atoms with Crippen molar-refractivity contribution in [3.05, 3.63) is 58.0 Å². The summed E-state index contributed by atoms with van der Waals surface area (Å²) < 4.78 is 13.2. The molecule has 2 aromatic rings. The van der Waals surface area contributed by atoms with Crippen LogP contribution in [0.3, 0.4) is 0 Å². The van der Waals surface area contributed by atoms with Crippen LogP contribution in [0.5, 0.6) is 0 Å². The Balaban J connectivity index is 1.38. The molecule has 2 fully saturated rings. The second-order valence-electron chi connectivity index (χ2n) is 7.32. The Labute approximate surface area is 178 Å². The van der Waals surface area contributed by atoms with Crippen LogP contribution in [-0.4, -0.2) is 70.4 Å². The van der Waals surface area contributed by atoms with Gasteiger partial charge in [-0.05, 0) is 53.1 Å². The predicted octanol–water partition coefficient (Wildman–Crippen LogP) is 3.14. The molecule has 0 radical (unpaired) electrons. The smallest absolute Gasteiger partial charge is 0.255 e. The summed E-state index contributed by atoms with van der Waals surface area (Å²) in [5.41, 5.74) is 1.74. The summed E-state index contributed by atoms with van der Waals surface area (Å²) in [4.78, 5) is 32.0. The molecule has 154 valence electrons. The molecular weight excluding hydrogens is 409 g/mol. The second-order valence-corrected chi connectivity index (χ2v) is 9.28. The number of thiophene rings is 1. The Kier molecular flexibility index (Phi) is 6.52. The van der Waals surface area contributed by atoms with Gasteiger partial charge in [0.15, 0.2) is 5.37 Å². The lowest BCUT2D eigenvalue weighted by Gasteiger charge is -2.29. The molecule has 1 aromatic heterocycles. The summed E-state index contributed by atoms with van der Waals surface area (Å²) in [7, 11) is 0. The number of thioether (sulfide) groups is 1. The van der Waals surface area contributed by atoms with Gasteiger partial charge in [0.05, 0.1) is 0 Å². The fraction of sp³-hybridized carbons (Fsp3) is 0.429. The minimum absolute atomic E-state index is 0.0142. The molecule has 0 spiro atoms. The van der Waals surface area contributed by atoms with Crippen LogP contribution in [0.1, 0.15) is 22.3 Å². The van der Waals surface area contributed by atoms with Crippen molar-refractivity contribution in [1.29, 1.82) is 0 Å². The molecule has 2 aliphatic heterocycles. The molecule has 0 bridgehead atoms. The summed E-state index contributed by atoms with van der Waals surface area (Å²) in [6, 6.07) is 7.67. The van der Waals surface area contributed by atoms with Crippen LogP contribution >= 0.6 is 23.1 Å². The third-order valence-electron chi connectivity index (χ3n) is 5.34. The molecule has 3 heterocycles. The Morgan fingerprint density at radius 3 is 2.62 bits per heavy atom. The van der Waals surface area contributed by atoms with Crippen molar-refractivity contribution in [2.45, 2.75) is 18.3 Å². The first-order chi connectivity index (χ1) is 14.1. The number of hydrogen-bond acceptors (Lipinski definition) is 5. The SMILES string of the molecule is O=C(C1SCCN1C(=O)c1ccc(F)cc1)N1CCCN(Cc2ccsc2)CC1. The molecule has 29 heavy (non-hydrogen) atoms. The van der Waals surface area contributed by atoms with Gasteiger partial charge in [0.25, 0.3) is 11.8 Å². The normalized spacial score (nSPS) is 20.7. The zero-order valence-electron chi connectivity index (χ0n) is 16.1. The highest BCUT2D eigenvalue weighted by molar-refractivity contribution is 8.00. The Hall–Kier alpha value is -1.90. The van der Waals surface area contributed by atoms with E-state index < -0.39 is 5.37 Å². The summed E-state index contributed by atoms with van der Waals surface area (Å²) in [6.45, 7) is 4.65. The Morgan fingerprint density at radius 2 is 1.86 bits per heavy atom. The number of benzene rings is 1. The monoisotopic (exact) mass is 433 g/mol. The van der Waals surface area contributed by atoms with Crippen LogP contribution < -0.4 is 0 Å². The van der Waals surface area contributed by atoms with Crippen LogP contribution in [0.15, 0.2) is 41.1 Å². The largest absolute Gasteiger partial charge is 0.339 e. The minimum Gasteiger partial charge on any atom is -0.339 e. The van der Waals surface area contributed by atoms with Gasteiger partial charge in [0, 0.05) is 50.6 Å². The van der Waals surface area contributed by atoms with Crippen LogP contribution in [0.4, 0.5) is 4.39 Å². The standard InChI is InChI=1S/C21H24FN3O2S2/c22-18-4-2-17(3-5-18)19(26)25-11-13-29-21(25)20(27)24-8-1-7-23(9-10-24)14-16-6-12-28-15-16/h2-6,12,15,21H,1,7-11,13-14H2. The van der Waals surface area contributed by atoms with Crippen LogP contribution in [0, 0.1) is 5.82 Å². The summed E-state index contributed by atoms with van der Waals surface area (Å²) in [6.07, 6.45) is 0.930. The maximum atomic E-state index is 13.2. The molecule has 1 aromatic carbocycles. The molecule has 4 rings (SSSR count). The van der Waals surface area contributed by atoms with Crippen molar-refractivity contribution in [3.8, 4) is 0 Å². The highest BCUT2D eigenvalue weighted by Crippen LogP contribution is 2.28. The average Bonchev–Trinajstić information content (AvgIpc) is 3.36. The van der Waals surface area contributed by atoms with Gasteiger partial charge >= 0.3 is 0 Å².